The van der Waals surface area contributed by atoms with Crippen molar-refractivity contribution in [3.05, 3.63) is 66.2 Å². The van der Waals surface area contributed by atoms with E-state index in [1.807, 2.05) is 6.07 Å². The van der Waals surface area contributed by atoms with Crippen LogP contribution in [-0.4, -0.2) is 22.0 Å². The van der Waals surface area contributed by atoms with Crippen LogP contribution in [0.3, 0.4) is 0 Å². The SMILES string of the molecule is O=C1C2C(C(=O)N1c1ccc(Cl)cc1)[C@@H]1C[C@H]2C2Sc3[nH]c(=O)sc3C(c3cccs3)C21. The van der Waals surface area contributed by atoms with E-state index in [1.54, 1.807) is 47.4 Å². The number of benzene rings is 1. The summed E-state index contributed by atoms with van der Waals surface area (Å²) in [5, 5.41) is 3.83. The van der Waals surface area contributed by atoms with Crippen LogP contribution in [0, 0.1) is 29.6 Å². The molecular weight excluding hydrogens is 484 g/mol. The lowest BCUT2D eigenvalue weighted by atomic mass is 9.69. The molecule has 7 atom stereocenters. The summed E-state index contributed by atoms with van der Waals surface area (Å²) in [6.45, 7) is 0. The van der Waals surface area contributed by atoms with Crippen molar-refractivity contribution in [3.63, 3.8) is 0 Å². The highest BCUT2D eigenvalue weighted by atomic mass is 35.5. The molecule has 2 saturated carbocycles. The molecule has 1 N–H and O–H groups in total. The number of hydrogen-bond acceptors (Lipinski definition) is 6. The minimum Gasteiger partial charge on any atom is -0.307 e. The number of anilines is 1. The summed E-state index contributed by atoms with van der Waals surface area (Å²) in [6, 6.07) is 11.1. The Balaban J connectivity index is 1.32. The Labute approximate surface area is 200 Å². The van der Waals surface area contributed by atoms with Gasteiger partial charge >= 0.3 is 4.87 Å². The van der Waals surface area contributed by atoms with Crippen molar-refractivity contribution in [1.29, 1.82) is 0 Å². The molecule has 5 nitrogen and oxygen atoms in total. The van der Waals surface area contributed by atoms with E-state index >= 15 is 0 Å². The van der Waals surface area contributed by atoms with E-state index < -0.39 is 0 Å². The molecule has 0 radical (unpaired) electrons. The molecule has 3 fully saturated rings. The van der Waals surface area contributed by atoms with Crippen LogP contribution in [0.5, 0.6) is 0 Å². The van der Waals surface area contributed by atoms with Gasteiger partial charge in [-0.05, 0) is 59.9 Å². The molecule has 0 spiro atoms. The number of amides is 2. The van der Waals surface area contributed by atoms with Gasteiger partial charge in [-0.25, -0.2) is 0 Å². The quantitative estimate of drug-likeness (QED) is 0.512. The van der Waals surface area contributed by atoms with Gasteiger partial charge < -0.3 is 4.98 Å². The molecule has 32 heavy (non-hydrogen) atoms. The third kappa shape index (κ3) is 2.49. The Morgan fingerprint density at radius 2 is 1.75 bits per heavy atom. The lowest BCUT2D eigenvalue weighted by Crippen LogP contribution is -2.42. The Morgan fingerprint density at radius 3 is 2.47 bits per heavy atom. The van der Waals surface area contributed by atoms with Crippen molar-refractivity contribution >= 4 is 63.5 Å². The van der Waals surface area contributed by atoms with Gasteiger partial charge in [0, 0.05) is 25.9 Å². The summed E-state index contributed by atoms with van der Waals surface area (Å²) < 4.78 is 0. The zero-order chi connectivity index (χ0) is 21.7. The van der Waals surface area contributed by atoms with Crippen LogP contribution in [0.1, 0.15) is 22.1 Å². The van der Waals surface area contributed by atoms with Gasteiger partial charge in [-0.15, -0.1) is 23.1 Å². The molecule has 2 amide bonds. The van der Waals surface area contributed by atoms with Crippen LogP contribution in [0.4, 0.5) is 5.69 Å². The number of imide groups is 1. The molecule has 5 unspecified atom stereocenters. The second-order valence-corrected chi connectivity index (χ2v) is 12.6. The maximum Gasteiger partial charge on any atom is 0.305 e. The van der Waals surface area contributed by atoms with E-state index in [-0.39, 0.29) is 57.4 Å². The number of nitrogens with zero attached hydrogens (tertiary/aromatic N) is 1. The fraction of sp³-hybridized carbons (Fsp3) is 0.348. The first kappa shape index (κ1) is 19.6. The highest BCUT2D eigenvalue weighted by Crippen LogP contribution is 2.68. The Hall–Kier alpha value is -1.87. The standard InChI is InChI=1S/C23H17ClN2O3S3/c24-9-3-5-10(6-4-9)26-21(27)15-11-8-12(16(15)22(26)28)18-14(11)17(13-2-1-7-30-13)19-20(31-18)25-23(29)32-19/h1-7,11-12,14-18H,8H2,(H,25,29)/t11-,12-,14?,15?,16?,17?,18?/m1/s1. The van der Waals surface area contributed by atoms with E-state index in [0.717, 1.165) is 16.3 Å². The molecule has 2 aromatic heterocycles. The summed E-state index contributed by atoms with van der Waals surface area (Å²) in [7, 11) is 0. The average molecular weight is 501 g/mol. The number of thiophene rings is 1. The van der Waals surface area contributed by atoms with E-state index in [4.69, 9.17) is 11.6 Å². The van der Waals surface area contributed by atoms with E-state index in [2.05, 4.69) is 16.4 Å². The molecule has 1 aromatic carbocycles. The molecule has 162 valence electrons. The van der Waals surface area contributed by atoms with E-state index in [9.17, 15) is 14.4 Å². The van der Waals surface area contributed by atoms with Gasteiger partial charge in [-0.3, -0.25) is 19.3 Å². The molecule has 4 aliphatic rings. The maximum atomic E-state index is 13.6. The van der Waals surface area contributed by atoms with Gasteiger partial charge in [-0.1, -0.05) is 29.0 Å². The van der Waals surface area contributed by atoms with Crippen molar-refractivity contribution in [2.45, 2.75) is 22.6 Å². The lowest BCUT2D eigenvalue weighted by molar-refractivity contribution is -0.123. The highest BCUT2D eigenvalue weighted by molar-refractivity contribution is 8.00. The van der Waals surface area contributed by atoms with Crippen LogP contribution in [0.2, 0.25) is 5.02 Å². The number of hydrogen-bond donors (Lipinski definition) is 1. The second-order valence-electron chi connectivity index (χ2n) is 8.96. The molecular formula is C23H17ClN2O3S3. The van der Waals surface area contributed by atoms with Crippen molar-refractivity contribution < 1.29 is 9.59 Å². The van der Waals surface area contributed by atoms with Crippen molar-refractivity contribution in [2.75, 3.05) is 4.90 Å². The number of thiazole rings is 1. The van der Waals surface area contributed by atoms with Crippen LogP contribution in [0.15, 0.2) is 51.6 Å². The van der Waals surface area contributed by atoms with Crippen LogP contribution in [-0.2, 0) is 9.59 Å². The molecule has 4 heterocycles. The summed E-state index contributed by atoms with van der Waals surface area (Å²) in [6.07, 6.45) is 0.907. The number of carbonyl (C=O) groups excluding carboxylic acids is 2. The summed E-state index contributed by atoms with van der Waals surface area (Å²) in [4.78, 5) is 46.1. The van der Waals surface area contributed by atoms with Crippen LogP contribution < -0.4 is 9.77 Å². The first-order valence-corrected chi connectivity index (χ1v) is 13.5. The van der Waals surface area contributed by atoms with Gasteiger partial charge in [0.05, 0.1) is 22.5 Å². The monoisotopic (exact) mass is 500 g/mol. The number of fused-ring (bicyclic) bond motifs is 9. The summed E-state index contributed by atoms with van der Waals surface area (Å²) in [5.41, 5.74) is 0.604. The number of aromatic nitrogens is 1. The van der Waals surface area contributed by atoms with Gasteiger partial charge in [0.15, 0.2) is 0 Å². The second kappa shape index (κ2) is 6.82. The van der Waals surface area contributed by atoms with Crippen molar-refractivity contribution in [2.24, 2.45) is 29.6 Å². The Bertz CT molecular complexity index is 1310. The third-order valence-electron chi connectivity index (χ3n) is 7.66. The van der Waals surface area contributed by atoms with Crippen LogP contribution >= 0.6 is 46.0 Å². The number of halogens is 1. The molecule has 9 heteroatoms. The zero-order valence-corrected chi connectivity index (χ0v) is 19.8. The largest absolute Gasteiger partial charge is 0.307 e. The average Bonchev–Trinajstić information content (AvgIpc) is 3.57. The number of aromatic amines is 1. The number of nitrogens with one attached hydrogen (secondary N) is 1. The van der Waals surface area contributed by atoms with Crippen LogP contribution in [0.25, 0.3) is 0 Å². The fourth-order valence-corrected chi connectivity index (χ4v) is 10.6. The minimum atomic E-state index is -0.273. The molecule has 1 saturated heterocycles. The maximum absolute atomic E-state index is 13.6. The Morgan fingerprint density at radius 1 is 1.00 bits per heavy atom. The first-order valence-electron chi connectivity index (χ1n) is 10.6. The van der Waals surface area contributed by atoms with Crippen molar-refractivity contribution in [3.8, 4) is 0 Å². The third-order valence-corrected chi connectivity index (χ3v) is 11.5. The van der Waals surface area contributed by atoms with E-state index in [0.29, 0.717) is 10.7 Å². The zero-order valence-electron chi connectivity index (χ0n) is 16.6. The smallest absolute Gasteiger partial charge is 0.305 e. The van der Waals surface area contributed by atoms with E-state index in [1.165, 1.54) is 21.1 Å². The Kier molecular flexibility index (Phi) is 4.18. The number of carbonyl (C=O) groups is 2. The predicted octanol–water partition coefficient (Wildman–Crippen LogP) is 4.83. The number of thioether (sulfide) groups is 1. The topological polar surface area (TPSA) is 70.2 Å². The number of rotatable bonds is 2. The molecule has 2 bridgehead atoms. The normalized spacial score (nSPS) is 34.7. The minimum absolute atomic E-state index is 0.0300. The van der Waals surface area contributed by atoms with Gasteiger partial charge in [0.25, 0.3) is 0 Å². The lowest BCUT2D eigenvalue weighted by Gasteiger charge is -2.42. The molecule has 2 aliphatic carbocycles. The summed E-state index contributed by atoms with van der Waals surface area (Å²) >= 11 is 10.8. The van der Waals surface area contributed by atoms with Gasteiger partial charge in [-0.2, -0.15) is 0 Å². The predicted molar refractivity (Wildman–Crippen MR) is 127 cm³/mol. The molecule has 2 aliphatic heterocycles. The molecule has 7 rings (SSSR count). The van der Waals surface area contributed by atoms with Gasteiger partial charge in [0.1, 0.15) is 0 Å². The highest BCUT2D eigenvalue weighted by Gasteiger charge is 2.69. The first-order chi connectivity index (χ1) is 15.5. The summed E-state index contributed by atoms with van der Waals surface area (Å²) in [5.74, 6) is -0.0317. The van der Waals surface area contributed by atoms with Crippen molar-refractivity contribution in [1.82, 2.24) is 4.98 Å². The number of H-pyrrole nitrogens is 1. The fourth-order valence-electron chi connectivity index (χ4n) is 6.65. The molecule has 3 aromatic rings. The van der Waals surface area contributed by atoms with Gasteiger partial charge in [0.2, 0.25) is 11.8 Å².